The van der Waals surface area contributed by atoms with Gasteiger partial charge in [0.05, 0.1) is 11.5 Å². The first-order valence-electron chi connectivity index (χ1n) is 6.40. The summed E-state index contributed by atoms with van der Waals surface area (Å²) in [6.45, 7) is 7.05. The Morgan fingerprint density at radius 1 is 1.52 bits per heavy atom. The van der Waals surface area contributed by atoms with Gasteiger partial charge in [-0.3, -0.25) is 0 Å². The fourth-order valence-electron chi connectivity index (χ4n) is 1.68. The second-order valence-electron chi connectivity index (χ2n) is 4.79. The molecule has 1 rings (SSSR count). The molecule has 1 aliphatic heterocycles. The minimum absolute atomic E-state index is 0.0929. The maximum atomic E-state index is 13.1. The maximum Gasteiger partial charge on any atom is 0.433 e. The van der Waals surface area contributed by atoms with Gasteiger partial charge in [0.1, 0.15) is 10.7 Å². The van der Waals surface area contributed by atoms with Crippen LogP contribution in [-0.2, 0) is 4.74 Å². The predicted molar refractivity (Wildman–Crippen MR) is 76.6 cm³/mol. The van der Waals surface area contributed by atoms with Gasteiger partial charge in [0.2, 0.25) is 6.41 Å². The number of thioether (sulfide) groups is 1. The van der Waals surface area contributed by atoms with Crippen LogP contribution >= 0.6 is 11.8 Å². The van der Waals surface area contributed by atoms with Crippen LogP contribution in [0.1, 0.15) is 20.3 Å². The lowest BCUT2D eigenvalue weighted by atomic mass is 10.3. The summed E-state index contributed by atoms with van der Waals surface area (Å²) in [5, 5.41) is 11.7. The van der Waals surface area contributed by atoms with Gasteiger partial charge in [0.25, 0.3) is 0 Å². The van der Waals surface area contributed by atoms with E-state index in [9.17, 15) is 18.3 Å². The van der Waals surface area contributed by atoms with Gasteiger partial charge in [-0.15, -0.1) is 0 Å². The van der Waals surface area contributed by atoms with Gasteiger partial charge >= 0.3 is 6.18 Å². The van der Waals surface area contributed by atoms with Crippen molar-refractivity contribution in [2.24, 2.45) is 4.99 Å². The van der Waals surface area contributed by atoms with Gasteiger partial charge in [-0.1, -0.05) is 11.8 Å². The molecule has 0 aliphatic carbocycles. The lowest BCUT2D eigenvalue weighted by Crippen LogP contribution is -2.36. The molecule has 2 unspecified atom stereocenters. The van der Waals surface area contributed by atoms with Crippen molar-refractivity contribution in [1.29, 1.82) is 0 Å². The molecule has 0 aromatic carbocycles. The summed E-state index contributed by atoms with van der Waals surface area (Å²) < 4.78 is 44.3. The van der Waals surface area contributed by atoms with Crippen molar-refractivity contribution in [2.45, 2.75) is 44.3 Å². The first-order chi connectivity index (χ1) is 9.66. The molecule has 2 N–H and O–H groups in total. The van der Waals surface area contributed by atoms with E-state index in [1.165, 1.54) is 7.05 Å². The smallest absolute Gasteiger partial charge is 0.367 e. The van der Waals surface area contributed by atoms with E-state index < -0.39 is 23.7 Å². The number of aliphatic hydroxyl groups is 1. The molecular formula is C12H20F3N3O2S. The van der Waals surface area contributed by atoms with Crippen LogP contribution in [0.2, 0.25) is 0 Å². The number of nitrogens with one attached hydrogen (secondary N) is 1. The molecular weight excluding hydrogens is 307 g/mol. The van der Waals surface area contributed by atoms with Crippen molar-refractivity contribution < 1.29 is 23.0 Å². The number of halogens is 3. The fourth-order valence-corrected chi connectivity index (χ4v) is 2.90. The molecule has 0 spiro atoms. The van der Waals surface area contributed by atoms with E-state index in [-0.39, 0.29) is 11.1 Å². The van der Waals surface area contributed by atoms with E-state index in [0.29, 0.717) is 13.0 Å². The third kappa shape index (κ3) is 5.08. The van der Waals surface area contributed by atoms with Crippen LogP contribution in [0.15, 0.2) is 15.7 Å². The summed E-state index contributed by atoms with van der Waals surface area (Å²) in [4.78, 5) is 4.71. The molecule has 0 radical (unpaired) electrons. The molecule has 5 nitrogen and oxygen atoms in total. The first kappa shape index (κ1) is 18.1. The van der Waals surface area contributed by atoms with Crippen molar-refractivity contribution in [3.05, 3.63) is 10.7 Å². The molecule has 9 heteroatoms. The van der Waals surface area contributed by atoms with Crippen LogP contribution in [0.25, 0.3) is 0 Å². The highest BCUT2D eigenvalue weighted by Gasteiger charge is 2.44. The highest BCUT2D eigenvalue weighted by Crippen LogP contribution is 2.41. The topological polar surface area (TPSA) is 57.1 Å². The zero-order valence-corrected chi connectivity index (χ0v) is 13.0. The molecule has 1 aliphatic rings. The molecule has 0 fully saturated rings. The number of hydrogen-bond donors (Lipinski definition) is 2. The predicted octanol–water partition coefficient (Wildman–Crippen LogP) is 2.10. The SMILES string of the molecule is C=NCCC1NC(C(F)(F)F)=C(N(C)C(O)OC(C)C)S1. The van der Waals surface area contributed by atoms with E-state index in [1.54, 1.807) is 13.8 Å². The quantitative estimate of drug-likeness (QED) is 0.554. The van der Waals surface area contributed by atoms with Crippen LogP contribution in [-0.4, -0.2) is 54.4 Å². The molecule has 1 heterocycles. The van der Waals surface area contributed by atoms with E-state index in [1.807, 2.05) is 0 Å². The number of rotatable bonds is 7. The lowest BCUT2D eigenvalue weighted by Gasteiger charge is -2.28. The maximum absolute atomic E-state index is 13.1. The van der Waals surface area contributed by atoms with Gasteiger partial charge in [-0.05, 0) is 27.0 Å². The summed E-state index contributed by atoms with van der Waals surface area (Å²) in [7, 11) is 1.36. The molecule has 0 amide bonds. The fraction of sp³-hybridized carbons (Fsp3) is 0.750. The van der Waals surface area contributed by atoms with Gasteiger partial charge in [-0.25, -0.2) is 0 Å². The summed E-state index contributed by atoms with van der Waals surface area (Å²) in [5.41, 5.74) is -0.865. The van der Waals surface area contributed by atoms with Gasteiger partial charge in [-0.2, -0.15) is 13.2 Å². The van der Waals surface area contributed by atoms with Crippen LogP contribution in [0, 0.1) is 0 Å². The Balaban J connectivity index is 2.88. The molecule has 2 atom stereocenters. The molecule has 0 saturated carbocycles. The molecule has 0 aromatic rings. The standard InChI is InChI=1S/C12H20F3N3O2S/c1-7(2)20-11(19)18(4)10-9(12(13,14)15)17-8(21-10)5-6-16-3/h7-8,11,17,19H,3,5-6H2,1-2,4H3. The van der Waals surface area contributed by atoms with E-state index in [0.717, 1.165) is 16.7 Å². The number of ether oxygens (including phenoxy) is 1. The minimum Gasteiger partial charge on any atom is -0.367 e. The largest absolute Gasteiger partial charge is 0.433 e. The summed E-state index contributed by atoms with van der Waals surface area (Å²) in [6.07, 6.45) is -5.86. The number of allylic oxidation sites excluding steroid dienone is 1. The molecule has 122 valence electrons. The Hall–Kier alpha value is -0.930. The molecule has 0 aromatic heterocycles. The number of hydrogen-bond acceptors (Lipinski definition) is 6. The Bertz CT molecular complexity index is 402. The van der Waals surface area contributed by atoms with Crippen LogP contribution < -0.4 is 5.32 Å². The van der Waals surface area contributed by atoms with E-state index >= 15 is 0 Å². The molecule has 21 heavy (non-hydrogen) atoms. The van der Waals surface area contributed by atoms with Gasteiger partial charge < -0.3 is 25.1 Å². The van der Waals surface area contributed by atoms with Crippen molar-refractivity contribution >= 4 is 18.5 Å². The average molecular weight is 327 g/mol. The van der Waals surface area contributed by atoms with Crippen molar-refractivity contribution in [2.75, 3.05) is 13.6 Å². The van der Waals surface area contributed by atoms with Crippen LogP contribution in [0.5, 0.6) is 0 Å². The third-order valence-corrected chi connectivity index (χ3v) is 4.00. The zero-order chi connectivity index (χ0) is 16.2. The first-order valence-corrected chi connectivity index (χ1v) is 7.28. The Morgan fingerprint density at radius 3 is 2.62 bits per heavy atom. The number of aliphatic imine (C=N–C) groups is 1. The third-order valence-electron chi connectivity index (χ3n) is 2.65. The average Bonchev–Trinajstić information content (AvgIpc) is 2.78. The highest BCUT2D eigenvalue weighted by atomic mass is 32.2. The summed E-state index contributed by atoms with van der Waals surface area (Å²) >= 11 is 0.996. The number of nitrogens with zero attached hydrogens (tertiary/aromatic N) is 2. The zero-order valence-electron chi connectivity index (χ0n) is 12.1. The second kappa shape index (κ2) is 7.37. The van der Waals surface area contributed by atoms with Gasteiger partial charge in [0, 0.05) is 13.6 Å². The van der Waals surface area contributed by atoms with Crippen LogP contribution in [0.4, 0.5) is 13.2 Å². The number of alkyl halides is 3. The Morgan fingerprint density at radius 2 is 2.14 bits per heavy atom. The number of aliphatic hydroxyl groups excluding tert-OH is 1. The second-order valence-corrected chi connectivity index (χ2v) is 5.98. The highest BCUT2D eigenvalue weighted by molar-refractivity contribution is 8.03. The van der Waals surface area contributed by atoms with Crippen molar-refractivity contribution in [3.63, 3.8) is 0 Å². The lowest BCUT2D eigenvalue weighted by molar-refractivity contribution is -0.192. The summed E-state index contributed by atoms with van der Waals surface area (Å²) in [6, 6.07) is 0. The van der Waals surface area contributed by atoms with Gasteiger partial charge in [0.15, 0.2) is 0 Å². The molecule has 0 bridgehead atoms. The normalized spacial score (nSPS) is 20.7. The summed E-state index contributed by atoms with van der Waals surface area (Å²) in [5.74, 6) is 0. The van der Waals surface area contributed by atoms with E-state index in [2.05, 4.69) is 17.0 Å². The Kier molecular flexibility index (Phi) is 6.36. The Labute approximate surface area is 126 Å². The molecule has 0 saturated heterocycles. The van der Waals surface area contributed by atoms with Crippen molar-refractivity contribution in [3.8, 4) is 0 Å². The van der Waals surface area contributed by atoms with Crippen LogP contribution in [0.3, 0.4) is 0 Å². The monoisotopic (exact) mass is 327 g/mol. The minimum atomic E-state index is -4.52. The van der Waals surface area contributed by atoms with E-state index in [4.69, 9.17) is 4.74 Å². The van der Waals surface area contributed by atoms with Crippen molar-refractivity contribution in [1.82, 2.24) is 10.2 Å².